The summed E-state index contributed by atoms with van der Waals surface area (Å²) in [5, 5.41) is 12.5. The third-order valence-corrected chi connectivity index (χ3v) is 5.51. The zero-order valence-electron chi connectivity index (χ0n) is 17.6. The van der Waals surface area contributed by atoms with Crippen molar-refractivity contribution in [1.82, 2.24) is 5.32 Å². The lowest BCUT2D eigenvalue weighted by Gasteiger charge is -2.13. The Hall–Kier alpha value is -2.70. The van der Waals surface area contributed by atoms with Crippen LogP contribution in [0.3, 0.4) is 0 Å². The van der Waals surface area contributed by atoms with Crippen molar-refractivity contribution < 1.29 is 14.6 Å². The number of fused-ring (bicyclic) bond motifs is 1. The molecule has 0 radical (unpaired) electrons. The van der Waals surface area contributed by atoms with Crippen LogP contribution in [0.2, 0.25) is 0 Å². The van der Waals surface area contributed by atoms with E-state index in [4.69, 9.17) is 24.6 Å². The monoisotopic (exact) mass is 407 g/mol. The van der Waals surface area contributed by atoms with Gasteiger partial charge in [-0.2, -0.15) is 0 Å². The number of amidine groups is 1. The highest BCUT2D eigenvalue weighted by atomic mass is 16.5. The Kier molecular flexibility index (Phi) is 6.45. The Morgan fingerprint density at radius 3 is 2.73 bits per heavy atom. The first-order chi connectivity index (χ1) is 14.7. The predicted molar refractivity (Wildman–Crippen MR) is 119 cm³/mol. The zero-order valence-corrected chi connectivity index (χ0v) is 17.6. The van der Waals surface area contributed by atoms with Crippen molar-refractivity contribution in [2.75, 3.05) is 32.9 Å². The van der Waals surface area contributed by atoms with E-state index < -0.39 is 0 Å². The summed E-state index contributed by atoms with van der Waals surface area (Å²) in [4.78, 5) is 9.62. The van der Waals surface area contributed by atoms with E-state index in [9.17, 15) is 0 Å². The molecule has 6 heteroatoms. The van der Waals surface area contributed by atoms with Gasteiger partial charge in [0.1, 0.15) is 0 Å². The Morgan fingerprint density at radius 1 is 1.10 bits per heavy atom. The average molecular weight is 408 g/mol. The number of aliphatic hydroxyl groups excluding tert-OH is 1. The number of aliphatic imine (C=N–C) groups is 2. The number of nitrogens with one attached hydrogen (secondary N) is 1. The summed E-state index contributed by atoms with van der Waals surface area (Å²) >= 11 is 0. The fourth-order valence-corrected chi connectivity index (χ4v) is 4.19. The van der Waals surface area contributed by atoms with Gasteiger partial charge >= 0.3 is 0 Å². The molecule has 0 bridgehead atoms. The normalized spacial score (nSPS) is 17.5. The molecule has 2 N–H and O–H groups in total. The van der Waals surface area contributed by atoms with Crippen LogP contribution in [-0.4, -0.2) is 49.6 Å². The van der Waals surface area contributed by atoms with Gasteiger partial charge in [0, 0.05) is 23.7 Å². The topological polar surface area (TPSA) is 75.4 Å². The molecule has 158 valence electrons. The highest BCUT2D eigenvalue weighted by molar-refractivity contribution is 6.17. The van der Waals surface area contributed by atoms with E-state index in [0.29, 0.717) is 26.3 Å². The van der Waals surface area contributed by atoms with Crippen molar-refractivity contribution in [3.8, 4) is 11.5 Å². The summed E-state index contributed by atoms with van der Waals surface area (Å²) in [6.45, 7) is 6.43. The fourth-order valence-electron chi connectivity index (χ4n) is 4.19. The molecule has 0 fully saturated rings. The van der Waals surface area contributed by atoms with Crippen LogP contribution < -0.4 is 14.8 Å². The predicted octanol–water partition coefficient (Wildman–Crippen LogP) is 3.30. The van der Waals surface area contributed by atoms with Crippen LogP contribution in [0.5, 0.6) is 11.5 Å². The Labute approximate surface area is 177 Å². The van der Waals surface area contributed by atoms with Crippen LogP contribution in [0.1, 0.15) is 48.6 Å². The average Bonchev–Trinajstić information content (AvgIpc) is 3.41. The van der Waals surface area contributed by atoms with Gasteiger partial charge in [0.15, 0.2) is 17.3 Å². The van der Waals surface area contributed by atoms with Crippen molar-refractivity contribution in [2.45, 2.75) is 32.7 Å². The second-order valence-electron chi connectivity index (χ2n) is 7.37. The van der Waals surface area contributed by atoms with Crippen LogP contribution in [-0.2, 0) is 6.42 Å². The number of nitrogens with zero attached hydrogens (tertiary/aromatic N) is 2. The number of hydrogen-bond donors (Lipinski definition) is 2. The first-order valence-corrected chi connectivity index (χ1v) is 10.7. The first-order valence-electron chi connectivity index (χ1n) is 10.7. The molecule has 2 aromatic rings. The molecule has 0 spiro atoms. The highest BCUT2D eigenvalue weighted by Gasteiger charge is 2.26. The lowest BCUT2D eigenvalue weighted by Crippen LogP contribution is -2.22. The zero-order chi connectivity index (χ0) is 20.9. The number of rotatable bonds is 9. The van der Waals surface area contributed by atoms with Gasteiger partial charge in [-0.25, -0.2) is 4.99 Å². The summed E-state index contributed by atoms with van der Waals surface area (Å²) in [6, 6.07) is 12.6. The summed E-state index contributed by atoms with van der Waals surface area (Å²) in [5.74, 6) is 2.30. The lowest BCUT2D eigenvalue weighted by atomic mass is 10.0. The van der Waals surface area contributed by atoms with Gasteiger partial charge in [-0.1, -0.05) is 18.2 Å². The summed E-state index contributed by atoms with van der Waals surface area (Å²) in [6.07, 6.45) is 2.03. The third-order valence-electron chi connectivity index (χ3n) is 5.51. The van der Waals surface area contributed by atoms with E-state index in [0.717, 1.165) is 47.0 Å². The minimum absolute atomic E-state index is 0.151. The lowest BCUT2D eigenvalue weighted by molar-refractivity contribution is 0.284. The maximum Gasteiger partial charge on any atom is 0.161 e. The van der Waals surface area contributed by atoms with Crippen LogP contribution in [0, 0.1) is 0 Å². The molecule has 1 aliphatic heterocycles. The molecular formula is C24H29N3O3. The van der Waals surface area contributed by atoms with Crippen molar-refractivity contribution in [3.05, 3.63) is 58.7 Å². The molecule has 0 aromatic heterocycles. The van der Waals surface area contributed by atoms with Crippen LogP contribution in [0.25, 0.3) is 0 Å². The van der Waals surface area contributed by atoms with E-state index in [1.165, 1.54) is 11.1 Å². The summed E-state index contributed by atoms with van der Waals surface area (Å²) in [7, 11) is 0. The van der Waals surface area contributed by atoms with E-state index in [1.54, 1.807) is 0 Å². The number of hydrogen-bond acceptors (Lipinski definition) is 6. The number of ether oxygens (including phenoxy) is 2. The van der Waals surface area contributed by atoms with Crippen molar-refractivity contribution in [2.24, 2.45) is 9.98 Å². The van der Waals surface area contributed by atoms with Crippen LogP contribution in [0.4, 0.5) is 0 Å². The van der Waals surface area contributed by atoms with E-state index in [2.05, 4.69) is 23.5 Å². The molecule has 1 aliphatic carbocycles. The van der Waals surface area contributed by atoms with Gasteiger partial charge in [0.05, 0.1) is 32.1 Å². The molecule has 1 unspecified atom stereocenters. The highest BCUT2D eigenvalue weighted by Crippen LogP contribution is 2.34. The molecular weight excluding hydrogens is 378 g/mol. The Bertz CT molecular complexity index is 968. The smallest absolute Gasteiger partial charge is 0.161 e. The SMILES string of the molecule is CCOc1ccc(C2=NC(c3cccc4c3CCC4NCCO)=NC2)cc1OCC. The molecule has 30 heavy (non-hydrogen) atoms. The Balaban J connectivity index is 1.59. The second kappa shape index (κ2) is 9.41. The molecule has 2 aliphatic rings. The van der Waals surface area contributed by atoms with Gasteiger partial charge in [-0.05, 0) is 56.0 Å². The fraction of sp³-hybridized carbons (Fsp3) is 0.417. The van der Waals surface area contributed by atoms with Gasteiger partial charge in [0.2, 0.25) is 0 Å². The van der Waals surface area contributed by atoms with Crippen LogP contribution in [0.15, 0.2) is 46.4 Å². The minimum Gasteiger partial charge on any atom is -0.490 e. The molecule has 2 aromatic carbocycles. The molecule has 6 nitrogen and oxygen atoms in total. The van der Waals surface area contributed by atoms with E-state index in [1.807, 2.05) is 32.0 Å². The minimum atomic E-state index is 0.151. The molecule has 4 rings (SSSR count). The molecule has 1 heterocycles. The summed E-state index contributed by atoms with van der Waals surface area (Å²) in [5.41, 5.74) is 5.69. The van der Waals surface area contributed by atoms with Gasteiger partial charge < -0.3 is 19.9 Å². The van der Waals surface area contributed by atoms with E-state index >= 15 is 0 Å². The van der Waals surface area contributed by atoms with Gasteiger partial charge in [0.25, 0.3) is 0 Å². The quantitative estimate of drug-likeness (QED) is 0.669. The molecule has 0 saturated carbocycles. The molecule has 1 atom stereocenters. The molecule has 0 amide bonds. The number of benzene rings is 2. The first kappa shape index (κ1) is 20.6. The van der Waals surface area contributed by atoms with Crippen molar-refractivity contribution in [3.63, 3.8) is 0 Å². The standard InChI is InChI=1S/C24H29N3O3/c1-3-29-22-11-8-16(14-23(22)30-4-2)21-15-26-24(27-21)19-7-5-6-18-17(19)9-10-20(18)25-12-13-28/h5-8,11,14,20,25,28H,3-4,9-10,12-13,15H2,1-2H3. The third kappa shape index (κ3) is 4.11. The van der Waals surface area contributed by atoms with Gasteiger partial charge in [-0.15, -0.1) is 0 Å². The second-order valence-corrected chi connectivity index (χ2v) is 7.37. The Morgan fingerprint density at radius 2 is 1.93 bits per heavy atom. The number of aliphatic hydroxyl groups is 1. The maximum absolute atomic E-state index is 9.12. The summed E-state index contributed by atoms with van der Waals surface area (Å²) < 4.78 is 11.4. The van der Waals surface area contributed by atoms with Gasteiger partial charge in [-0.3, -0.25) is 4.99 Å². The maximum atomic E-state index is 9.12. The van der Waals surface area contributed by atoms with Crippen LogP contribution >= 0.6 is 0 Å². The van der Waals surface area contributed by atoms with Crippen molar-refractivity contribution in [1.29, 1.82) is 0 Å². The van der Waals surface area contributed by atoms with E-state index in [-0.39, 0.29) is 12.6 Å². The molecule has 0 saturated heterocycles. The van der Waals surface area contributed by atoms with Crippen molar-refractivity contribution >= 4 is 11.5 Å². The largest absolute Gasteiger partial charge is 0.490 e.